The quantitative estimate of drug-likeness (QED) is 0.0600. The molecule has 0 bridgehead atoms. The number of alkyl halides is 6. The Bertz CT molecular complexity index is 2200. The van der Waals surface area contributed by atoms with Crippen LogP contribution < -0.4 is 27.4 Å². The Morgan fingerprint density at radius 2 is 1.27 bits per heavy atom. The van der Waals surface area contributed by atoms with Crippen molar-refractivity contribution in [2.24, 2.45) is 21.5 Å². The van der Waals surface area contributed by atoms with E-state index in [1.165, 1.54) is 12.1 Å². The number of rotatable bonds is 11. The molecule has 0 radical (unpaired) electrons. The van der Waals surface area contributed by atoms with Crippen LogP contribution in [0.2, 0.25) is 0 Å². The van der Waals surface area contributed by atoms with Crippen molar-refractivity contribution in [1.29, 1.82) is 0 Å². The standard InChI is InChI=1S/C41H43F6N7O8/c42-40(43,44)24-8-4-10-26(16-24)50-38(48)52-28-20-60-29(18-55)31(53-36(59)23-14-12-22(13-15-23)21-6-2-1-3-7-21)35(28)62-37-32(34(58)33(57)30(19-56)61-37)54-39(49)51-27-11-5-9-25(17-27)41(45,46)47/h1-17,28-35,37,55-58H,18-20H2,(H,53,59)(H3,48,50,52)(H3,49,51,54)/t28-,29+,30+,31-,32+,33+,34+,35+,37-/m0/s1. The molecular formula is C41H43F6N7O8. The lowest BCUT2D eigenvalue weighted by Crippen LogP contribution is -2.65. The van der Waals surface area contributed by atoms with Gasteiger partial charge in [0.2, 0.25) is 0 Å². The first-order valence-corrected chi connectivity index (χ1v) is 19.0. The van der Waals surface area contributed by atoms with Crippen molar-refractivity contribution in [3.8, 4) is 11.1 Å². The summed E-state index contributed by atoms with van der Waals surface area (Å²) < 4.78 is 98.8. The summed E-state index contributed by atoms with van der Waals surface area (Å²) in [6, 6.07) is 19.6. The van der Waals surface area contributed by atoms with Gasteiger partial charge < -0.3 is 62.1 Å². The molecular weight excluding hydrogens is 832 g/mol. The van der Waals surface area contributed by atoms with Gasteiger partial charge in [0.15, 0.2) is 18.2 Å². The molecule has 0 spiro atoms. The molecule has 332 valence electrons. The number of nitrogens with zero attached hydrogens (tertiary/aromatic N) is 2. The van der Waals surface area contributed by atoms with Gasteiger partial charge in [0.1, 0.15) is 42.6 Å². The maximum Gasteiger partial charge on any atom is 0.416 e. The van der Waals surface area contributed by atoms with E-state index in [2.05, 4.69) is 25.9 Å². The van der Waals surface area contributed by atoms with Crippen molar-refractivity contribution in [3.05, 3.63) is 120 Å². The SMILES string of the molecule is NC(=N[C@H]1[C@H](O[C@H]2[C@@H](NC(=O)c3ccc(-c4ccccc4)cc3)[C@@H](CO)OC[C@@H]2N=C(N)Nc2cccc(C(F)(F)F)c2)O[C@H](CO)[C@@H](O)[C@@H]1O)Nc1cccc(C(F)(F)F)c1. The van der Waals surface area contributed by atoms with Crippen molar-refractivity contribution < 1.29 is 65.8 Å². The number of amides is 1. The van der Waals surface area contributed by atoms with E-state index in [0.29, 0.717) is 0 Å². The van der Waals surface area contributed by atoms with Crippen molar-refractivity contribution in [3.63, 3.8) is 0 Å². The monoisotopic (exact) mass is 875 g/mol. The molecule has 6 rings (SSSR count). The second kappa shape index (κ2) is 19.5. The van der Waals surface area contributed by atoms with Crippen LogP contribution in [0.25, 0.3) is 11.1 Å². The number of carbonyl (C=O) groups excluding carboxylic acids is 1. The number of aliphatic hydroxyl groups excluding tert-OH is 4. The molecule has 62 heavy (non-hydrogen) atoms. The molecule has 0 unspecified atom stereocenters. The number of aliphatic imine (C=N–C) groups is 2. The molecule has 2 aliphatic heterocycles. The molecule has 4 aromatic rings. The minimum Gasteiger partial charge on any atom is -0.394 e. The second-order valence-electron chi connectivity index (χ2n) is 14.3. The van der Waals surface area contributed by atoms with Crippen molar-refractivity contribution in [2.75, 3.05) is 30.5 Å². The molecule has 2 heterocycles. The van der Waals surface area contributed by atoms with Crippen LogP contribution in [0.3, 0.4) is 0 Å². The van der Waals surface area contributed by atoms with E-state index in [9.17, 15) is 51.6 Å². The molecule has 1 amide bonds. The Morgan fingerprint density at radius 1 is 0.726 bits per heavy atom. The highest BCUT2D eigenvalue weighted by Gasteiger charge is 2.50. The van der Waals surface area contributed by atoms with Gasteiger partial charge in [-0.1, -0.05) is 54.6 Å². The van der Waals surface area contributed by atoms with Crippen LogP contribution in [0.5, 0.6) is 0 Å². The molecule has 15 nitrogen and oxygen atoms in total. The van der Waals surface area contributed by atoms with E-state index in [-0.39, 0.29) is 23.5 Å². The number of hydrogen-bond donors (Lipinski definition) is 9. The minimum absolute atomic E-state index is 0.0935. The third-order valence-electron chi connectivity index (χ3n) is 10.0. The van der Waals surface area contributed by atoms with Crippen molar-refractivity contribution in [2.45, 2.75) is 67.3 Å². The zero-order valence-corrected chi connectivity index (χ0v) is 32.4. The number of anilines is 2. The Balaban J connectivity index is 1.35. The molecule has 9 atom stereocenters. The molecule has 0 saturated carbocycles. The molecule has 0 aromatic heterocycles. The van der Waals surface area contributed by atoms with Crippen molar-refractivity contribution in [1.82, 2.24) is 5.32 Å². The third kappa shape index (κ3) is 11.2. The summed E-state index contributed by atoms with van der Waals surface area (Å²) >= 11 is 0. The van der Waals surface area contributed by atoms with Gasteiger partial charge in [-0.15, -0.1) is 0 Å². The highest BCUT2D eigenvalue weighted by atomic mass is 19.4. The summed E-state index contributed by atoms with van der Waals surface area (Å²) in [6.07, 6.45) is -19.0. The van der Waals surface area contributed by atoms with E-state index in [1.807, 2.05) is 30.3 Å². The van der Waals surface area contributed by atoms with Gasteiger partial charge in [-0.3, -0.25) is 4.79 Å². The number of aliphatic hydroxyl groups is 4. The second-order valence-corrected chi connectivity index (χ2v) is 14.3. The number of halogens is 6. The first-order chi connectivity index (χ1) is 29.4. The highest BCUT2D eigenvalue weighted by molar-refractivity contribution is 5.95. The van der Waals surface area contributed by atoms with Crippen LogP contribution in [0, 0.1) is 0 Å². The van der Waals surface area contributed by atoms with E-state index < -0.39 is 109 Å². The van der Waals surface area contributed by atoms with Crippen LogP contribution in [0.15, 0.2) is 113 Å². The Kier molecular flexibility index (Phi) is 14.4. The van der Waals surface area contributed by atoms with Gasteiger partial charge >= 0.3 is 12.4 Å². The molecule has 0 aliphatic carbocycles. The first-order valence-electron chi connectivity index (χ1n) is 19.0. The number of guanidine groups is 2. The van der Waals surface area contributed by atoms with E-state index >= 15 is 0 Å². The first kappa shape index (κ1) is 45.7. The number of carbonyl (C=O) groups is 1. The van der Waals surface area contributed by atoms with Crippen LogP contribution in [-0.4, -0.2) is 113 Å². The fourth-order valence-corrected chi connectivity index (χ4v) is 6.90. The lowest BCUT2D eigenvalue weighted by Gasteiger charge is -2.46. The van der Waals surface area contributed by atoms with Gasteiger partial charge in [-0.25, -0.2) is 9.98 Å². The number of nitrogens with two attached hydrogens (primary N) is 2. The summed E-state index contributed by atoms with van der Waals surface area (Å²) in [6.45, 7) is -1.94. The Morgan fingerprint density at radius 3 is 1.82 bits per heavy atom. The summed E-state index contributed by atoms with van der Waals surface area (Å²) in [5.41, 5.74) is 11.9. The summed E-state index contributed by atoms with van der Waals surface area (Å²) in [5.74, 6) is -1.68. The van der Waals surface area contributed by atoms with Crippen LogP contribution in [0.4, 0.5) is 37.7 Å². The lowest BCUT2D eigenvalue weighted by atomic mass is 9.93. The van der Waals surface area contributed by atoms with Gasteiger partial charge in [0.05, 0.1) is 37.0 Å². The Labute approximate surface area is 350 Å². The molecule has 4 aromatic carbocycles. The normalized spacial score (nSPS) is 26.1. The summed E-state index contributed by atoms with van der Waals surface area (Å²) in [5, 5.41) is 50.5. The van der Waals surface area contributed by atoms with Crippen LogP contribution in [-0.2, 0) is 26.6 Å². The van der Waals surface area contributed by atoms with Crippen LogP contribution >= 0.6 is 0 Å². The molecule has 2 aliphatic rings. The topological polar surface area (TPSA) is 239 Å². The zero-order chi connectivity index (χ0) is 44.8. The van der Waals surface area contributed by atoms with Crippen LogP contribution in [0.1, 0.15) is 21.5 Å². The lowest BCUT2D eigenvalue weighted by molar-refractivity contribution is -0.289. The minimum atomic E-state index is -4.70. The van der Waals surface area contributed by atoms with E-state index in [4.69, 9.17) is 25.7 Å². The number of hydrogen-bond acceptors (Lipinski definition) is 10. The Hall–Kier alpha value is -5.81. The molecule has 21 heteroatoms. The van der Waals surface area contributed by atoms with Gasteiger partial charge in [0.25, 0.3) is 5.91 Å². The average Bonchev–Trinajstić information content (AvgIpc) is 3.24. The maximum atomic E-state index is 13.9. The van der Waals surface area contributed by atoms with E-state index in [0.717, 1.165) is 47.5 Å². The molecule has 2 saturated heterocycles. The summed E-state index contributed by atoms with van der Waals surface area (Å²) in [4.78, 5) is 22.5. The molecule has 11 N–H and O–H groups in total. The van der Waals surface area contributed by atoms with Gasteiger partial charge in [-0.05, 0) is 59.7 Å². The van der Waals surface area contributed by atoms with Crippen molar-refractivity contribution >= 4 is 29.2 Å². The zero-order valence-electron chi connectivity index (χ0n) is 32.4. The fourth-order valence-electron chi connectivity index (χ4n) is 6.90. The number of nitrogens with one attached hydrogen (secondary N) is 3. The largest absolute Gasteiger partial charge is 0.416 e. The van der Waals surface area contributed by atoms with Gasteiger partial charge in [-0.2, -0.15) is 26.3 Å². The van der Waals surface area contributed by atoms with E-state index in [1.54, 1.807) is 24.3 Å². The average molecular weight is 876 g/mol. The smallest absolute Gasteiger partial charge is 0.394 e. The third-order valence-corrected chi connectivity index (χ3v) is 10.0. The summed E-state index contributed by atoms with van der Waals surface area (Å²) in [7, 11) is 0. The predicted molar refractivity (Wildman–Crippen MR) is 214 cm³/mol. The fraction of sp³-hybridized carbons (Fsp3) is 0.341. The highest BCUT2D eigenvalue weighted by Crippen LogP contribution is 2.33. The number of ether oxygens (including phenoxy) is 3. The maximum absolute atomic E-state index is 13.9. The predicted octanol–water partition coefficient (Wildman–Crippen LogP) is 3.30. The number of benzene rings is 4. The van der Waals surface area contributed by atoms with Gasteiger partial charge in [0, 0.05) is 16.9 Å². The molecule has 2 fully saturated rings.